The zero-order valence-electron chi connectivity index (χ0n) is 12.2. The summed E-state index contributed by atoms with van der Waals surface area (Å²) in [6.07, 6.45) is 0. The van der Waals surface area contributed by atoms with E-state index in [1.807, 2.05) is 0 Å². The number of anilines is 1. The largest absolute Gasteiger partial charge is 0.446 e. The Morgan fingerprint density at radius 1 is 1.12 bits per heavy atom. The lowest BCUT2D eigenvalue weighted by Crippen LogP contribution is -2.34. The van der Waals surface area contributed by atoms with Crippen molar-refractivity contribution in [3.63, 3.8) is 0 Å². The Hall–Kier alpha value is -1.84. The van der Waals surface area contributed by atoms with Crippen LogP contribution in [-0.4, -0.2) is 16.5 Å². The van der Waals surface area contributed by atoms with Gasteiger partial charge in [-0.1, -0.05) is 17.7 Å². The minimum atomic E-state index is -4.38. The third-order valence-electron chi connectivity index (χ3n) is 2.76. The van der Waals surface area contributed by atoms with Crippen LogP contribution in [-0.2, 0) is 0 Å². The summed E-state index contributed by atoms with van der Waals surface area (Å²) in [5, 5.41) is 4.64. The van der Waals surface area contributed by atoms with Gasteiger partial charge in [-0.25, -0.2) is 4.39 Å². The second kappa shape index (κ2) is 8.03. The predicted octanol–water partition coefficient (Wildman–Crippen LogP) is 5.22. The summed E-state index contributed by atoms with van der Waals surface area (Å²) in [4.78, 5) is 12.0. The van der Waals surface area contributed by atoms with Crippen molar-refractivity contribution in [2.75, 3.05) is 5.32 Å². The molecule has 0 aliphatic heterocycles. The average molecular weight is 409 g/mol. The number of alkyl halides is 3. The zero-order valence-corrected chi connectivity index (χ0v) is 14.5. The van der Waals surface area contributed by atoms with Crippen molar-refractivity contribution in [1.82, 2.24) is 5.32 Å². The van der Waals surface area contributed by atoms with Gasteiger partial charge in [0.15, 0.2) is 5.11 Å². The number of hydrogen-bond acceptors (Lipinski definition) is 3. The fourth-order valence-electron chi connectivity index (χ4n) is 1.78. The van der Waals surface area contributed by atoms with Crippen molar-refractivity contribution in [1.29, 1.82) is 0 Å². The first-order valence-electron chi connectivity index (χ1n) is 6.58. The molecule has 0 spiro atoms. The van der Waals surface area contributed by atoms with Crippen LogP contribution in [0.4, 0.5) is 23.2 Å². The molecule has 0 atom stereocenters. The van der Waals surface area contributed by atoms with Crippen molar-refractivity contribution in [2.45, 2.75) is 10.4 Å². The molecule has 132 valence electrons. The summed E-state index contributed by atoms with van der Waals surface area (Å²) >= 11 is 10.5. The van der Waals surface area contributed by atoms with E-state index in [0.29, 0.717) is 5.69 Å². The Labute approximate surface area is 154 Å². The number of thioether (sulfide) groups is 1. The number of amides is 1. The Bertz CT molecular complexity index is 777. The van der Waals surface area contributed by atoms with Gasteiger partial charge in [0.1, 0.15) is 5.82 Å². The van der Waals surface area contributed by atoms with Crippen molar-refractivity contribution in [3.05, 3.63) is 58.9 Å². The van der Waals surface area contributed by atoms with Crippen LogP contribution in [0.25, 0.3) is 0 Å². The summed E-state index contributed by atoms with van der Waals surface area (Å²) in [6.45, 7) is 0. The Balaban J connectivity index is 1.99. The minimum Gasteiger partial charge on any atom is -0.332 e. The highest BCUT2D eigenvalue weighted by Gasteiger charge is 2.29. The van der Waals surface area contributed by atoms with E-state index in [4.69, 9.17) is 23.8 Å². The first-order chi connectivity index (χ1) is 11.7. The molecule has 25 heavy (non-hydrogen) atoms. The topological polar surface area (TPSA) is 41.1 Å². The normalized spacial score (nSPS) is 11.1. The highest BCUT2D eigenvalue weighted by atomic mass is 35.5. The van der Waals surface area contributed by atoms with Crippen LogP contribution >= 0.6 is 35.6 Å². The molecule has 1 amide bonds. The quantitative estimate of drug-likeness (QED) is 0.415. The van der Waals surface area contributed by atoms with Gasteiger partial charge in [0.25, 0.3) is 5.91 Å². The van der Waals surface area contributed by atoms with Gasteiger partial charge in [-0.15, -0.1) is 0 Å². The van der Waals surface area contributed by atoms with Crippen molar-refractivity contribution in [3.8, 4) is 0 Å². The first kappa shape index (κ1) is 19.5. The molecule has 0 aliphatic carbocycles. The summed E-state index contributed by atoms with van der Waals surface area (Å²) in [6, 6.07) is 9.01. The summed E-state index contributed by atoms with van der Waals surface area (Å²) in [5.74, 6) is -1.65. The third kappa shape index (κ3) is 5.87. The molecule has 0 aliphatic rings. The molecule has 0 heterocycles. The number of rotatable bonds is 3. The minimum absolute atomic E-state index is 0.00569. The Morgan fingerprint density at radius 3 is 2.32 bits per heavy atom. The molecule has 0 saturated carbocycles. The molecule has 2 N–H and O–H groups in total. The molecule has 2 aromatic rings. The van der Waals surface area contributed by atoms with Crippen molar-refractivity contribution >= 4 is 52.3 Å². The smallest absolute Gasteiger partial charge is 0.332 e. The first-order valence-corrected chi connectivity index (χ1v) is 8.18. The summed E-state index contributed by atoms with van der Waals surface area (Å²) in [7, 11) is 0. The molecule has 0 aromatic heterocycles. The summed E-state index contributed by atoms with van der Waals surface area (Å²) < 4.78 is 50.4. The number of halogens is 5. The number of nitrogens with one attached hydrogen (secondary N) is 2. The molecule has 0 bridgehead atoms. The second-order valence-electron chi connectivity index (χ2n) is 4.58. The van der Waals surface area contributed by atoms with Gasteiger partial charge < -0.3 is 5.32 Å². The van der Waals surface area contributed by atoms with E-state index in [1.165, 1.54) is 36.4 Å². The van der Waals surface area contributed by atoms with E-state index in [2.05, 4.69) is 10.6 Å². The van der Waals surface area contributed by atoms with Gasteiger partial charge in [0.05, 0.1) is 10.6 Å². The fraction of sp³-hybridized carbons (Fsp3) is 0.0667. The maximum atomic E-state index is 13.7. The summed E-state index contributed by atoms with van der Waals surface area (Å²) in [5.41, 5.74) is -4.38. The highest BCUT2D eigenvalue weighted by molar-refractivity contribution is 8.00. The van der Waals surface area contributed by atoms with E-state index < -0.39 is 17.2 Å². The molecular formula is C15H9ClF4N2OS2. The maximum absolute atomic E-state index is 13.7. The van der Waals surface area contributed by atoms with Crippen LogP contribution in [0, 0.1) is 5.82 Å². The number of benzene rings is 2. The number of thiocarbonyl (C=S) groups is 1. The molecule has 2 rings (SSSR count). The average Bonchev–Trinajstić information content (AvgIpc) is 2.47. The van der Waals surface area contributed by atoms with Crippen molar-refractivity contribution in [2.24, 2.45) is 0 Å². The van der Waals surface area contributed by atoms with Crippen LogP contribution in [0.5, 0.6) is 0 Å². The second-order valence-corrected chi connectivity index (χ2v) is 6.53. The molecule has 2 aromatic carbocycles. The SMILES string of the molecule is O=C(NC(=S)Nc1ccc(SC(F)(F)F)cc1)c1c(F)cccc1Cl. The van der Waals surface area contributed by atoms with Gasteiger partial charge >= 0.3 is 5.51 Å². The Morgan fingerprint density at radius 2 is 1.76 bits per heavy atom. The van der Waals surface area contributed by atoms with Crippen molar-refractivity contribution < 1.29 is 22.4 Å². The molecule has 0 radical (unpaired) electrons. The molecule has 0 saturated heterocycles. The highest BCUT2D eigenvalue weighted by Crippen LogP contribution is 2.37. The van der Waals surface area contributed by atoms with Crippen LogP contribution in [0.1, 0.15) is 10.4 Å². The van der Waals surface area contributed by atoms with E-state index in [1.54, 1.807) is 0 Å². The molecule has 10 heteroatoms. The Kier molecular flexibility index (Phi) is 6.26. The van der Waals surface area contributed by atoms with Crippen LogP contribution < -0.4 is 10.6 Å². The van der Waals surface area contributed by atoms with Crippen LogP contribution in [0.3, 0.4) is 0 Å². The fourth-order valence-corrected chi connectivity index (χ4v) is 2.78. The lowest BCUT2D eigenvalue weighted by atomic mass is 10.2. The van der Waals surface area contributed by atoms with Gasteiger partial charge in [-0.3, -0.25) is 10.1 Å². The molecule has 0 fully saturated rings. The van der Waals surface area contributed by atoms with Gasteiger partial charge in [0, 0.05) is 10.6 Å². The van der Waals surface area contributed by atoms with Crippen LogP contribution in [0.15, 0.2) is 47.4 Å². The number of hydrogen-bond donors (Lipinski definition) is 2. The molecular weight excluding hydrogens is 400 g/mol. The maximum Gasteiger partial charge on any atom is 0.446 e. The van der Waals surface area contributed by atoms with Gasteiger partial charge in [0.2, 0.25) is 0 Å². The third-order valence-corrected chi connectivity index (χ3v) is 4.02. The van der Waals surface area contributed by atoms with E-state index in [-0.39, 0.29) is 32.4 Å². The predicted molar refractivity (Wildman–Crippen MR) is 93.5 cm³/mol. The van der Waals surface area contributed by atoms with Gasteiger partial charge in [-0.2, -0.15) is 13.2 Å². The molecule has 3 nitrogen and oxygen atoms in total. The zero-order chi connectivity index (χ0) is 18.6. The van der Waals surface area contributed by atoms with E-state index in [0.717, 1.165) is 6.07 Å². The lowest BCUT2D eigenvalue weighted by Gasteiger charge is -2.11. The monoisotopic (exact) mass is 408 g/mol. The standard InChI is InChI=1S/C15H9ClF4N2OS2/c16-10-2-1-3-11(17)12(10)13(23)22-14(24)21-8-4-6-9(7-5-8)25-15(18,19)20/h1-7H,(H2,21,22,23,24). The number of carbonyl (C=O) groups is 1. The van der Waals surface area contributed by atoms with E-state index in [9.17, 15) is 22.4 Å². The van der Waals surface area contributed by atoms with E-state index >= 15 is 0 Å². The number of carbonyl (C=O) groups excluding carboxylic acids is 1. The lowest BCUT2D eigenvalue weighted by molar-refractivity contribution is -0.0328. The van der Waals surface area contributed by atoms with Crippen LogP contribution in [0.2, 0.25) is 5.02 Å². The van der Waals surface area contributed by atoms with Gasteiger partial charge in [-0.05, 0) is 60.4 Å². The molecule has 0 unspecified atom stereocenters.